The molecule has 0 spiro atoms. The SMILES string of the molecule is CC[C@H](C)c1ccc(C)cc1C. The predicted octanol–water partition coefficient (Wildman–Crippen LogP) is 3.82. The quantitative estimate of drug-likeness (QED) is 0.620. The smallest absolute Gasteiger partial charge is 0.0190 e. The van der Waals surface area contributed by atoms with Gasteiger partial charge < -0.3 is 0 Å². The third-order valence-corrected chi connectivity index (χ3v) is 2.57. The average molecular weight is 162 g/mol. The van der Waals surface area contributed by atoms with E-state index >= 15 is 0 Å². The highest BCUT2D eigenvalue weighted by Crippen LogP contribution is 2.22. The summed E-state index contributed by atoms with van der Waals surface area (Å²) in [5.74, 6) is 0.700. The van der Waals surface area contributed by atoms with Gasteiger partial charge in [-0.15, -0.1) is 0 Å². The van der Waals surface area contributed by atoms with Crippen molar-refractivity contribution in [3.63, 3.8) is 0 Å². The Balaban J connectivity index is 3.01. The van der Waals surface area contributed by atoms with Crippen LogP contribution in [0, 0.1) is 13.8 Å². The fraction of sp³-hybridized carbons (Fsp3) is 0.500. The molecule has 0 heteroatoms. The topological polar surface area (TPSA) is 0 Å². The van der Waals surface area contributed by atoms with Gasteiger partial charge in [0.15, 0.2) is 0 Å². The van der Waals surface area contributed by atoms with Gasteiger partial charge in [-0.25, -0.2) is 0 Å². The van der Waals surface area contributed by atoms with E-state index in [4.69, 9.17) is 0 Å². The summed E-state index contributed by atoms with van der Waals surface area (Å²) >= 11 is 0. The molecule has 0 unspecified atom stereocenters. The Morgan fingerprint density at radius 3 is 2.42 bits per heavy atom. The van der Waals surface area contributed by atoms with Crippen LogP contribution in [-0.4, -0.2) is 0 Å². The van der Waals surface area contributed by atoms with Gasteiger partial charge in [0.25, 0.3) is 0 Å². The molecule has 0 radical (unpaired) electrons. The molecule has 0 bridgehead atoms. The molecule has 0 amide bonds. The summed E-state index contributed by atoms with van der Waals surface area (Å²) < 4.78 is 0. The van der Waals surface area contributed by atoms with Crippen molar-refractivity contribution in [3.05, 3.63) is 34.9 Å². The van der Waals surface area contributed by atoms with Crippen LogP contribution >= 0.6 is 0 Å². The lowest BCUT2D eigenvalue weighted by Gasteiger charge is -2.12. The fourth-order valence-corrected chi connectivity index (χ4v) is 1.60. The van der Waals surface area contributed by atoms with Crippen LogP contribution in [0.4, 0.5) is 0 Å². The van der Waals surface area contributed by atoms with Crippen molar-refractivity contribution in [1.29, 1.82) is 0 Å². The van der Waals surface area contributed by atoms with E-state index in [1.54, 1.807) is 0 Å². The maximum atomic E-state index is 2.29. The van der Waals surface area contributed by atoms with Crippen molar-refractivity contribution in [2.75, 3.05) is 0 Å². The lowest BCUT2D eigenvalue weighted by atomic mass is 9.93. The Morgan fingerprint density at radius 1 is 1.25 bits per heavy atom. The van der Waals surface area contributed by atoms with Gasteiger partial charge in [0.05, 0.1) is 0 Å². The van der Waals surface area contributed by atoms with Crippen molar-refractivity contribution in [2.45, 2.75) is 40.0 Å². The maximum Gasteiger partial charge on any atom is -0.0190 e. The molecule has 0 saturated heterocycles. The van der Waals surface area contributed by atoms with Crippen LogP contribution in [0.15, 0.2) is 18.2 Å². The fourth-order valence-electron chi connectivity index (χ4n) is 1.60. The summed E-state index contributed by atoms with van der Waals surface area (Å²) in [7, 11) is 0. The number of hydrogen-bond donors (Lipinski definition) is 0. The highest BCUT2D eigenvalue weighted by molar-refractivity contribution is 5.32. The van der Waals surface area contributed by atoms with E-state index in [1.165, 1.54) is 23.1 Å². The number of hydrogen-bond acceptors (Lipinski definition) is 0. The zero-order valence-electron chi connectivity index (χ0n) is 8.52. The van der Waals surface area contributed by atoms with E-state index in [0.717, 1.165) is 0 Å². The molecular weight excluding hydrogens is 144 g/mol. The molecule has 0 N–H and O–H groups in total. The van der Waals surface area contributed by atoms with Crippen LogP contribution in [0.5, 0.6) is 0 Å². The Morgan fingerprint density at radius 2 is 1.92 bits per heavy atom. The van der Waals surface area contributed by atoms with Gasteiger partial charge >= 0.3 is 0 Å². The van der Waals surface area contributed by atoms with Crippen LogP contribution in [0.3, 0.4) is 0 Å². The monoisotopic (exact) mass is 162 g/mol. The van der Waals surface area contributed by atoms with Crippen LogP contribution in [-0.2, 0) is 0 Å². The average Bonchev–Trinajstić information content (AvgIpc) is 2.03. The first-order valence-corrected chi connectivity index (χ1v) is 4.72. The molecule has 66 valence electrons. The lowest BCUT2D eigenvalue weighted by Crippen LogP contribution is -1.94. The van der Waals surface area contributed by atoms with Gasteiger partial charge in [-0.3, -0.25) is 0 Å². The summed E-state index contributed by atoms with van der Waals surface area (Å²) in [6.07, 6.45) is 1.23. The van der Waals surface area contributed by atoms with E-state index in [9.17, 15) is 0 Å². The summed E-state index contributed by atoms with van der Waals surface area (Å²) in [5.41, 5.74) is 4.30. The molecule has 1 atom stereocenters. The standard InChI is InChI=1S/C12H18/c1-5-10(3)12-7-6-9(2)8-11(12)4/h6-8,10H,5H2,1-4H3/t10-/m0/s1. The van der Waals surface area contributed by atoms with Gasteiger partial charge in [0.2, 0.25) is 0 Å². The third kappa shape index (κ3) is 1.88. The molecule has 0 fully saturated rings. The van der Waals surface area contributed by atoms with Gasteiger partial charge in [0.1, 0.15) is 0 Å². The second-order valence-electron chi connectivity index (χ2n) is 3.67. The molecule has 0 aliphatic heterocycles. The van der Waals surface area contributed by atoms with E-state index < -0.39 is 0 Å². The van der Waals surface area contributed by atoms with Crippen molar-refractivity contribution < 1.29 is 0 Å². The number of benzene rings is 1. The Bertz CT molecular complexity index is 261. The van der Waals surface area contributed by atoms with Crippen LogP contribution < -0.4 is 0 Å². The molecule has 0 heterocycles. The minimum atomic E-state index is 0.700. The molecular formula is C12H18. The zero-order chi connectivity index (χ0) is 9.14. The summed E-state index contributed by atoms with van der Waals surface area (Å²) in [5, 5.41) is 0. The molecule has 0 aliphatic rings. The minimum Gasteiger partial charge on any atom is -0.0648 e. The second kappa shape index (κ2) is 3.75. The molecule has 0 aromatic heterocycles. The summed E-state index contributed by atoms with van der Waals surface area (Å²) in [4.78, 5) is 0. The minimum absolute atomic E-state index is 0.700. The molecule has 12 heavy (non-hydrogen) atoms. The van der Waals surface area contributed by atoms with E-state index in [1.807, 2.05) is 0 Å². The van der Waals surface area contributed by atoms with Crippen molar-refractivity contribution >= 4 is 0 Å². The predicted molar refractivity (Wildman–Crippen MR) is 54.6 cm³/mol. The zero-order valence-corrected chi connectivity index (χ0v) is 8.52. The van der Waals surface area contributed by atoms with E-state index in [-0.39, 0.29) is 0 Å². The van der Waals surface area contributed by atoms with Crippen molar-refractivity contribution in [2.24, 2.45) is 0 Å². The summed E-state index contributed by atoms with van der Waals surface area (Å²) in [6, 6.07) is 6.73. The van der Waals surface area contributed by atoms with Gasteiger partial charge in [-0.2, -0.15) is 0 Å². The normalized spacial score (nSPS) is 13.0. The Hall–Kier alpha value is -0.780. The third-order valence-electron chi connectivity index (χ3n) is 2.57. The molecule has 1 aromatic carbocycles. The Labute approximate surface area is 75.6 Å². The van der Waals surface area contributed by atoms with Gasteiger partial charge in [-0.1, -0.05) is 37.6 Å². The van der Waals surface area contributed by atoms with Gasteiger partial charge in [-0.05, 0) is 37.3 Å². The van der Waals surface area contributed by atoms with E-state index in [0.29, 0.717) is 5.92 Å². The molecule has 1 aromatic rings. The van der Waals surface area contributed by atoms with Gasteiger partial charge in [0, 0.05) is 0 Å². The first kappa shape index (κ1) is 9.31. The number of rotatable bonds is 2. The number of aryl methyl sites for hydroxylation is 2. The summed E-state index contributed by atoms with van der Waals surface area (Å²) in [6.45, 7) is 8.88. The molecule has 0 nitrogen and oxygen atoms in total. The van der Waals surface area contributed by atoms with E-state index in [2.05, 4.69) is 45.9 Å². The highest BCUT2D eigenvalue weighted by atomic mass is 14.1. The lowest BCUT2D eigenvalue weighted by molar-refractivity contribution is 0.728. The first-order valence-electron chi connectivity index (χ1n) is 4.72. The second-order valence-corrected chi connectivity index (χ2v) is 3.67. The molecule has 0 saturated carbocycles. The van der Waals surface area contributed by atoms with Crippen molar-refractivity contribution in [3.8, 4) is 0 Å². The maximum absolute atomic E-state index is 2.29. The highest BCUT2D eigenvalue weighted by Gasteiger charge is 2.04. The van der Waals surface area contributed by atoms with Crippen LogP contribution in [0.1, 0.15) is 42.9 Å². The van der Waals surface area contributed by atoms with Crippen LogP contribution in [0.2, 0.25) is 0 Å². The Kier molecular flexibility index (Phi) is 2.91. The molecule has 0 aliphatic carbocycles. The molecule has 1 rings (SSSR count). The largest absolute Gasteiger partial charge is 0.0648 e. The van der Waals surface area contributed by atoms with Crippen LogP contribution in [0.25, 0.3) is 0 Å². The first-order chi connectivity index (χ1) is 5.65. The van der Waals surface area contributed by atoms with Crippen molar-refractivity contribution in [1.82, 2.24) is 0 Å².